The zero-order valence-electron chi connectivity index (χ0n) is 16.4. The Hall–Kier alpha value is -2.67. The number of aryl methyl sites for hydroxylation is 1. The van der Waals surface area contributed by atoms with Crippen molar-refractivity contribution in [2.45, 2.75) is 58.2 Å². The van der Waals surface area contributed by atoms with E-state index in [2.05, 4.69) is 27.4 Å². The van der Waals surface area contributed by atoms with Crippen molar-refractivity contribution in [1.29, 1.82) is 0 Å². The molecule has 3 aromatic rings. The molecule has 7 heteroatoms. The van der Waals surface area contributed by atoms with Gasteiger partial charge in [0.25, 0.3) is 5.91 Å². The molecule has 0 aliphatic heterocycles. The minimum atomic E-state index is 0.0804. The van der Waals surface area contributed by atoms with Gasteiger partial charge in [-0.25, -0.2) is 0 Å². The summed E-state index contributed by atoms with van der Waals surface area (Å²) in [5, 5.41) is 12.5. The number of carbonyl (C=O) groups excluding carboxylic acids is 1. The second kappa shape index (κ2) is 8.14. The molecule has 2 heterocycles. The lowest BCUT2D eigenvalue weighted by molar-refractivity contribution is 0.0622. The van der Waals surface area contributed by atoms with Gasteiger partial charge in [-0.05, 0) is 44.7 Å². The number of benzene rings is 1. The number of fused-ring (bicyclic) bond motifs is 1. The topological polar surface area (TPSA) is 87.0 Å². The number of hydrogen-bond donors (Lipinski definition) is 2. The number of nitrogens with one attached hydrogen (secondary N) is 2. The van der Waals surface area contributed by atoms with Gasteiger partial charge in [0.2, 0.25) is 11.8 Å². The molecule has 1 fully saturated rings. The van der Waals surface area contributed by atoms with Crippen molar-refractivity contribution in [3.05, 3.63) is 47.8 Å². The molecule has 2 unspecified atom stereocenters. The van der Waals surface area contributed by atoms with Crippen molar-refractivity contribution in [1.82, 2.24) is 25.4 Å². The van der Waals surface area contributed by atoms with Gasteiger partial charge in [-0.3, -0.25) is 4.79 Å². The Morgan fingerprint density at radius 3 is 2.93 bits per heavy atom. The summed E-state index contributed by atoms with van der Waals surface area (Å²) in [6, 6.07) is 10.5. The third-order valence-electron chi connectivity index (χ3n) is 5.56. The van der Waals surface area contributed by atoms with E-state index in [1.807, 2.05) is 35.2 Å². The van der Waals surface area contributed by atoms with Gasteiger partial charge in [0, 0.05) is 36.5 Å². The van der Waals surface area contributed by atoms with Crippen LogP contribution in [0.4, 0.5) is 0 Å². The van der Waals surface area contributed by atoms with Crippen LogP contribution in [0.2, 0.25) is 0 Å². The summed E-state index contributed by atoms with van der Waals surface area (Å²) in [6.07, 6.45) is 4.17. The molecule has 7 nitrogen and oxygen atoms in total. The van der Waals surface area contributed by atoms with Gasteiger partial charge in [0.15, 0.2) is 0 Å². The van der Waals surface area contributed by atoms with Crippen LogP contribution in [-0.4, -0.2) is 44.6 Å². The van der Waals surface area contributed by atoms with Crippen LogP contribution in [0.25, 0.3) is 10.9 Å². The van der Waals surface area contributed by atoms with Crippen molar-refractivity contribution in [3.63, 3.8) is 0 Å². The van der Waals surface area contributed by atoms with Crippen molar-refractivity contribution in [3.8, 4) is 0 Å². The van der Waals surface area contributed by atoms with Crippen LogP contribution in [0.1, 0.15) is 54.9 Å². The Morgan fingerprint density at radius 1 is 1.32 bits per heavy atom. The van der Waals surface area contributed by atoms with Gasteiger partial charge >= 0.3 is 0 Å². The SMILES string of the molecule is CCN(C(=O)c1cc2ccccc2[nH]1)C1CCCC(NCc2nnc(C)o2)C1. The van der Waals surface area contributed by atoms with Crippen LogP contribution >= 0.6 is 0 Å². The maximum atomic E-state index is 13.2. The van der Waals surface area contributed by atoms with E-state index in [-0.39, 0.29) is 11.9 Å². The third kappa shape index (κ3) is 3.94. The van der Waals surface area contributed by atoms with Crippen LogP contribution in [0.3, 0.4) is 0 Å². The summed E-state index contributed by atoms with van der Waals surface area (Å²) >= 11 is 0. The van der Waals surface area contributed by atoms with Crippen LogP contribution in [0, 0.1) is 6.92 Å². The first-order valence-corrected chi connectivity index (χ1v) is 10.0. The minimum Gasteiger partial charge on any atom is -0.424 e. The van der Waals surface area contributed by atoms with Gasteiger partial charge in [-0.15, -0.1) is 10.2 Å². The Kier molecular flexibility index (Phi) is 5.43. The standard InChI is InChI=1S/C21H27N5O2/c1-3-26(21(27)19-11-15-7-4-5-10-18(15)23-19)17-9-6-8-16(12-17)22-13-20-25-24-14(2)28-20/h4-5,7,10-11,16-17,22-23H,3,6,8-9,12-13H2,1-2H3. The first kappa shape index (κ1) is 18.7. The molecule has 2 atom stereocenters. The fourth-order valence-electron chi connectivity index (χ4n) is 4.18. The Morgan fingerprint density at radius 2 is 2.18 bits per heavy atom. The van der Waals surface area contributed by atoms with Gasteiger partial charge < -0.3 is 19.6 Å². The number of carbonyl (C=O) groups is 1. The molecule has 28 heavy (non-hydrogen) atoms. The highest BCUT2D eigenvalue weighted by Crippen LogP contribution is 2.25. The van der Waals surface area contributed by atoms with Crippen molar-refractivity contribution < 1.29 is 9.21 Å². The van der Waals surface area contributed by atoms with Crippen molar-refractivity contribution in [2.75, 3.05) is 6.54 Å². The molecule has 2 N–H and O–H groups in total. The Balaban J connectivity index is 1.42. The summed E-state index contributed by atoms with van der Waals surface area (Å²) in [6.45, 7) is 5.12. The van der Waals surface area contributed by atoms with Crippen LogP contribution in [-0.2, 0) is 6.54 Å². The molecule has 1 amide bonds. The lowest BCUT2D eigenvalue weighted by Gasteiger charge is -2.37. The third-order valence-corrected chi connectivity index (χ3v) is 5.56. The summed E-state index contributed by atoms with van der Waals surface area (Å²) in [7, 11) is 0. The van der Waals surface area contributed by atoms with E-state index in [0.29, 0.717) is 36.6 Å². The van der Waals surface area contributed by atoms with Crippen LogP contribution < -0.4 is 5.32 Å². The van der Waals surface area contributed by atoms with Gasteiger partial charge in [-0.2, -0.15) is 0 Å². The normalized spacial score (nSPS) is 19.8. The molecule has 4 rings (SSSR count). The number of amides is 1. The van der Waals surface area contributed by atoms with E-state index < -0.39 is 0 Å². The van der Waals surface area contributed by atoms with Gasteiger partial charge in [0.1, 0.15) is 5.69 Å². The number of rotatable bonds is 6. The molecule has 0 saturated heterocycles. The monoisotopic (exact) mass is 381 g/mol. The van der Waals surface area contributed by atoms with E-state index in [9.17, 15) is 4.79 Å². The quantitative estimate of drug-likeness (QED) is 0.683. The molecule has 148 valence electrons. The molecule has 0 bridgehead atoms. The van der Waals surface area contributed by atoms with E-state index in [4.69, 9.17) is 4.42 Å². The number of hydrogen-bond acceptors (Lipinski definition) is 5. The van der Waals surface area contributed by atoms with E-state index in [1.54, 1.807) is 6.92 Å². The van der Waals surface area contributed by atoms with E-state index >= 15 is 0 Å². The minimum absolute atomic E-state index is 0.0804. The van der Waals surface area contributed by atoms with Crippen LogP contribution in [0.15, 0.2) is 34.7 Å². The highest BCUT2D eigenvalue weighted by Gasteiger charge is 2.30. The predicted molar refractivity (Wildman–Crippen MR) is 107 cm³/mol. The smallest absolute Gasteiger partial charge is 0.270 e. The largest absolute Gasteiger partial charge is 0.424 e. The molecule has 1 aromatic carbocycles. The zero-order chi connectivity index (χ0) is 19.5. The van der Waals surface area contributed by atoms with Gasteiger partial charge in [-0.1, -0.05) is 18.2 Å². The first-order chi connectivity index (χ1) is 13.6. The fraction of sp³-hybridized carbons (Fsp3) is 0.476. The number of H-pyrrole nitrogens is 1. The van der Waals surface area contributed by atoms with E-state index in [0.717, 1.165) is 36.6 Å². The average Bonchev–Trinajstić information content (AvgIpc) is 3.33. The van der Waals surface area contributed by atoms with Crippen LogP contribution in [0.5, 0.6) is 0 Å². The van der Waals surface area contributed by atoms with Gasteiger partial charge in [0.05, 0.1) is 6.54 Å². The zero-order valence-corrected chi connectivity index (χ0v) is 16.4. The second-order valence-corrected chi connectivity index (χ2v) is 7.47. The Bertz CT molecular complexity index is 914. The summed E-state index contributed by atoms with van der Waals surface area (Å²) in [5.41, 5.74) is 1.67. The predicted octanol–water partition coefficient (Wildman–Crippen LogP) is 3.42. The molecule has 0 radical (unpaired) electrons. The van der Waals surface area contributed by atoms with Crippen molar-refractivity contribution in [2.24, 2.45) is 0 Å². The lowest BCUT2D eigenvalue weighted by Crippen LogP contribution is -2.46. The fourth-order valence-corrected chi connectivity index (χ4v) is 4.18. The molecular weight excluding hydrogens is 354 g/mol. The molecule has 1 aliphatic rings. The highest BCUT2D eigenvalue weighted by molar-refractivity contribution is 5.98. The Labute approximate surface area is 164 Å². The van der Waals surface area contributed by atoms with Crippen molar-refractivity contribution >= 4 is 16.8 Å². The number of aromatic nitrogens is 3. The molecule has 0 spiro atoms. The molecule has 2 aromatic heterocycles. The number of nitrogens with zero attached hydrogens (tertiary/aromatic N) is 3. The maximum absolute atomic E-state index is 13.2. The number of aromatic amines is 1. The molecule has 1 aliphatic carbocycles. The van der Waals surface area contributed by atoms with E-state index in [1.165, 1.54) is 0 Å². The maximum Gasteiger partial charge on any atom is 0.270 e. The first-order valence-electron chi connectivity index (χ1n) is 10.0. The lowest BCUT2D eigenvalue weighted by atomic mass is 9.89. The number of para-hydroxylation sites is 1. The summed E-state index contributed by atoms with van der Waals surface area (Å²) in [4.78, 5) is 18.5. The summed E-state index contributed by atoms with van der Waals surface area (Å²) in [5.74, 6) is 1.28. The molecule has 1 saturated carbocycles. The summed E-state index contributed by atoms with van der Waals surface area (Å²) < 4.78 is 5.44. The average molecular weight is 381 g/mol. The second-order valence-electron chi connectivity index (χ2n) is 7.47. The highest BCUT2D eigenvalue weighted by atomic mass is 16.4. The molecular formula is C21H27N5O2.